The Kier molecular flexibility index (Phi) is 5.29. The summed E-state index contributed by atoms with van der Waals surface area (Å²) >= 11 is 0. The first kappa shape index (κ1) is 13.3. The van der Waals surface area contributed by atoms with Crippen LogP contribution in [-0.4, -0.2) is 24.2 Å². The molecule has 1 unspecified atom stereocenters. The molecule has 17 heavy (non-hydrogen) atoms. The summed E-state index contributed by atoms with van der Waals surface area (Å²) in [6.45, 7) is 3.23. The van der Waals surface area contributed by atoms with Crippen LogP contribution in [0.4, 0.5) is 4.79 Å². The third-order valence-electron chi connectivity index (χ3n) is 2.52. The Morgan fingerprint density at radius 2 is 2.00 bits per heavy atom. The van der Waals surface area contributed by atoms with Gasteiger partial charge in [0, 0.05) is 19.1 Å². The van der Waals surface area contributed by atoms with Gasteiger partial charge in [-0.2, -0.15) is 0 Å². The summed E-state index contributed by atoms with van der Waals surface area (Å²) in [5, 5.41) is 15.0. The van der Waals surface area contributed by atoms with Crippen molar-refractivity contribution in [3.63, 3.8) is 0 Å². The summed E-state index contributed by atoms with van der Waals surface area (Å²) in [6.07, 6.45) is 0.932. The molecular formula is C12H19N3O2. The Labute approximate surface area is 101 Å². The number of phenolic OH excluding ortho intramolecular Hbond substituents is 1. The third kappa shape index (κ3) is 4.74. The number of carbonyl (C=O) groups is 1. The number of rotatable bonds is 6. The minimum Gasteiger partial charge on any atom is -0.508 e. The molecule has 1 aromatic rings. The van der Waals surface area contributed by atoms with Crippen molar-refractivity contribution in [1.82, 2.24) is 10.6 Å². The second-order valence-corrected chi connectivity index (χ2v) is 3.80. The van der Waals surface area contributed by atoms with E-state index in [9.17, 15) is 9.90 Å². The number of carbonyl (C=O) groups excluding carboxylic acids is 1. The van der Waals surface area contributed by atoms with Gasteiger partial charge < -0.3 is 21.5 Å². The van der Waals surface area contributed by atoms with E-state index in [4.69, 9.17) is 5.73 Å². The Hall–Kier alpha value is -1.75. The molecule has 5 heteroatoms. The Balaban J connectivity index is 2.43. The number of benzene rings is 1. The van der Waals surface area contributed by atoms with Crippen molar-refractivity contribution in [2.24, 2.45) is 5.73 Å². The van der Waals surface area contributed by atoms with Crippen LogP contribution < -0.4 is 16.4 Å². The molecule has 5 nitrogen and oxygen atoms in total. The van der Waals surface area contributed by atoms with Crippen molar-refractivity contribution in [2.75, 3.05) is 13.1 Å². The number of nitrogens with one attached hydrogen (secondary N) is 2. The molecule has 94 valence electrons. The number of primary amides is 1. The standard InChI is InChI=1S/C12H19N3O2/c1-2-11(14-7-8-15-12(13)17)9-3-5-10(16)6-4-9/h3-6,11,14,16H,2,7-8H2,1H3,(H3,13,15,17). The first-order valence-corrected chi connectivity index (χ1v) is 5.69. The molecule has 0 bridgehead atoms. The zero-order chi connectivity index (χ0) is 12.7. The fourth-order valence-electron chi connectivity index (χ4n) is 1.64. The van der Waals surface area contributed by atoms with E-state index >= 15 is 0 Å². The Morgan fingerprint density at radius 3 is 2.53 bits per heavy atom. The van der Waals surface area contributed by atoms with Crippen molar-refractivity contribution >= 4 is 6.03 Å². The molecule has 2 amide bonds. The van der Waals surface area contributed by atoms with Crippen LogP contribution in [0, 0.1) is 0 Å². The summed E-state index contributed by atoms with van der Waals surface area (Å²) in [4.78, 5) is 10.5. The van der Waals surface area contributed by atoms with Gasteiger partial charge in [0.2, 0.25) is 0 Å². The van der Waals surface area contributed by atoms with Gasteiger partial charge in [0.25, 0.3) is 0 Å². The molecule has 1 aromatic carbocycles. The number of hydrogen-bond acceptors (Lipinski definition) is 3. The molecule has 0 aliphatic heterocycles. The predicted molar refractivity (Wildman–Crippen MR) is 66.7 cm³/mol. The van der Waals surface area contributed by atoms with Crippen LogP contribution in [0.3, 0.4) is 0 Å². The van der Waals surface area contributed by atoms with Gasteiger partial charge in [0.1, 0.15) is 5.75 Å². The maximum atomic E-state index is 10.5. The number of nitrogens with two attached hydrogens (primary N) is 1. The fraction of sp³-hybridized carbons (Fsp3) is 0.417. The summed E-state index contributed by atoms with van der Waals surface area (Å²) < 4.78 is 0. The van der Waals surface area contributed by atoms with Gasteiger partial charge in [-0.25, -0.2) is 4.79 Å². The van der Waals surface area contributed by atoms with Gasteiger partial charge in [-0.3, -0.25) is 0 Å². The lowest BCUT2D eigenvalue weighted by Crippen LogP contribution is -2.36. The van der Waals surface area contributed by atoms with Crippen molar-refractivity contribution in [3.05, 3.63) is 29.8 Å². The highest BCUT2D eigenvalue weighted by molar-refractivity contribution is 5.71. The molecule has 0 saturated carbocycles. The second kappa shape index (κ2) is 6.75. The van der Waals surface area contributed by atoms with Crippen LogP contribution in [0.5, 0.6) is 5.75 Å². The lowest BCUT2D eigenvalue weighted by atomic mass is 10.0. The minimum atomic E-state index is -0.510. The quantitative estimate of drug-likeness (QED) is 0.559. The maximum Gasteiger partial charge on any atom is 0.312 e. The molecule has 0 aromatic heterocycles. The number of urea groups is 1. The van der Waals surface area contributed by atoms with Gasteiger partial charge in [0.05, 0.1) is 0 Å². The van der Waals surface area contributed by atoms with Crippen LogP contribution in [0.15, 0.2) is 24.3 Å². The van der Waals surface area contributed by atoms with Crippen LogP contribution in [0.1, 0.15) is 24.9 Å². The van der Waals surface area contributed by atoms with Crippen molar-refractivity contribution < 1.29 is 9.90 Å². The normalized spacial score (nSPS) is 12.1. The molecular weight excluding hydrogens is 218 g/mol. The molecule has 1 rings (SSSR count). The summed E-state index contributed by atoms with van der Waals surface area (Å²) in [5.74, 6) is 0.263. The van der Waals surface area contributed by atoms with Crippen LogP contribution in [0.2, 0.25) is 0 Å². The summed E-state index contributed by atoms with van der Waals surface area (Å²) in [6, 6.07) is 6.81. The second-order valence-electron chi connectivity index (χ2n) is 3.80. The molecule has 0 radical (unpaired) electrons. The van der Waals surface area contributed by atoms with E-state index in [0.29, 0.717) is 13.1 Å². The summed E-state index contributed by atoms with van der Waals surface area (Å²) in [5.41, 5.74) is 6.08. The Bertz CT molecular complexity index is 351. The topological polar surface area (TPSA) is 87.4 Å². The van der Waals surface area contributed by atoms with Crippen LogP contribution >= 0.6 is 0 Å². The van der Waals surface area contributed by atoms with Crippen molar-refractivity contribution in [1.29, 1.82) is 0 Å². The lowest BCUT2D eigenvalue weighted by molar-refractivity contribution is 0.249. The maximum absolute atomic E-state index is 10.5. The monoisotopic (exact) mass is 237 g/mol. The minimum absolute atomic E-state index is 0.213. The largest absolute Gasteiger partial charge is 0.508 e. The highest BCUT2D eigenvalue weighted by Gasteiger charge is 2.07. The van der Waals surface area contributed by atoms with Gasteiger partial charge >= 0.3 is 6.03 Å². The number of aromatic hydroxyl groups is 1. The highest BCUT2D eigenvalue weighted by atomic mass is 16.3. The van der Waals surface area contributed by atoms with Gasteiger partial charge in [0.15, 0.2) is 0 Å². The zero-order valence-electron chi connectivity index (χ0n) is 9.94. The van der Waals surface area contributed by atoms with E-state index in [1.54, 1.807) is 12.1 Å². The van der Waals surface area contributed by atoms with Gasteiger partial charge in [-0.1, -0.05) is 19.1 Å². The molecule has 0 aliphatic rings. The van der Waals surface area contributed by atoms with E-state index in [1.807, 2.05) is 12.1 Å². The molecule has 5 N–H and O–H groups in total. The average molecular weight is 237 g/mol. The van der Waals surface area contributed by atoms with Crippen molar-refractivity contribution in [2.45, 2.75) is 19.4 Å². The van der Waals surface area contributed by atoms with Crippen LogP contribution in [-0.2, 0) is 0 Å². The SMILES string of the molecule is CCC(NCCNC(N)=O)c1ccc(O)cc1. The van der Waals surface area contributed by atoms with E-state index in [2.05, 4.69) is 17.6 Å². The van der Waals surface area contributed by atoms with Crippen LogP contribution in [0.25, 0.3) is 0 Å². The first-order valence-electron chi connectivity index (χ1n) is 5.69. The molecule has 0 spiro atoms. The molecule has 0 saturated heterocycles. The number of hydrogen-bond donors (Lipinski definition) is 4. The first-order chi connectivity index (χ1) is 8.13. The molecule has 0 aliphatic carbocycles. The highest BCUT2D eigenvalue weighted by Crippen LogP contribution is 2.18. The number of amides is 2. The van der Waals surface area contributed by atoms with Crippen molar-refractivity contribution in [3.8, 4) is 5.75 Å². The van der Waals surface area contributed by atoms with Gasteiger partial charge in [-0.15, -0.1) is 0 Å². The van der Waals surface area contributed by atoms with E-state index in [1.165, 1.54) is 0 Å². The molecule has 0 heterocycles. The number of phenols is 1. The molecule has 1 atom stereocenters. The lowest BCUT2D eigenvalue weighted by Gasteiger charge is -2.17. The van der Waals surface area contributed by atoms with E-state index in [0.717, 1.165) is 12.0 Å². The molecule has 0 fully saturated rings. The van der Waals surface area contributed by atoms with Gasteiger partial charge in [-0.05, 0) is 24.1 Å². The third-order valence-corrected chi connectivity index (χ3v) is 2.52. The zero-order valence-corrected chi connectivity index (χ0v) is 9.94. The fourth-order valence-corrected chi connectivity index (χ4v) is 1.64. The smallest absolute Gasteiger partial charge is 0.312 e. The van der Waals surface area contributed by atoms with E-state index < -0.39 is 6.03 Å². The Morgan fingerprint density at radius 1 is 1.35 bits per heavy atom. The van der Waals surface area contributed by atoms with E-state index in [-0.39, 0.29) is 11.8 Å². The predicted octanol–water partition coefficient (Wildman–Crippen LogP) is 1.10. The average Bonchev–Trinajstić information content (AvgIpc) is 2.30. The summed E-state index contributed by atoms with van der Waals surface area (Å²) in [7, 11) is 0.